The van der Waals surface area contributed by atoms with Gasteiger partial charge < -0.3 is 9.47 Å². The van der Waals surface area contributed by atoms with Gasteiger partial charge in [0, 0.05) is 6.61 Å². The fourth-order valence-electron chi connectivity index (χ4n) is 2.86. The van der Waals surface area contributed by atoms with Crippen molar-refractivity contribution in [2.45, 2.75) is 38.4 Å². The lowest BCUT2D eigenvalue weighted by Gasteiger charge is -2.28. The maximum absolute atomic E-state index is 10.3. The van der Waals surface area contributed by atoms with E-state index in [2.05, 4.69) is 0 Å². The Balaban J connectivity index is 2.01. The summed E-state index contributed by atoms with van der Waals surface area (Å²) in [6.45, 7) is 3.27. The van der Waals surface area contributed by atoms with Gasteiger partial charge in [-0.25, -0.2) is 0 Å². The van der Waals surface area contributed by atoms with Crippen LogP contribution in [0.4, 0.5) is 0 Å². The Bertz CT molecular complexity index is 193. The molecule has 0 amide bonds. The highest BCUT2D eigenvalue weighted by molar-refractivity contribution is 5.38. The second-order valence-corrected chi connectivity index (χ2v) is 3.95. The molecule has 74 valence electrons. The number of carbonyl (C=O) groups is 1. The number of carbonyl (C=O) groups excluding carboxylic acids is 1. The molecule has 0 saturated heterocycles. The van der Waals surface area contributed by atoms with Crippen LogP contribution in [0.3, 0.4) is 0 Å². The van der Waals surface area contributed by atoms with Crippen molar-refractivity contribution in [3.63, 3.8) is 0 Å². The van der Waals surface area contributed by atoms with E-state index in [0.717, 1.165) is 0 Å². The van der Waals surface area contributed by atoms with Crippen LogP contribution >= 0.6 is 0 Å². The molecule has 4 unspecified atom stereocenters. The molecule has 0 aliphatic heterocycles. The van der Waals surface area contributed by atoms with Gasteiger partial charge in [-0.2, -0.15) is 0 Å². The molecule has 13 heavy (non-hydrogen) atoms. The van der Waals surface area contributed by atoms with Crippen LogP contribution in [0.15, 0.2) is 0 Å². The number of hydrogen-bond donors (Lipinski definition) is 0. The zero-order valence-corrected chi connectivity index (χ0v) is 7.94. The number of ether oxygens (including phenoxy) is 2. The van der Waals surface area contributed by atoms with E-state index in [4.69, 9.17) is 9.47 Å². The lowest BCUT2D eigenvalue weighted by Crippen LogP contribution is -2.36. The van der Waals surface area contributed by atoms with Crippen molar-refractivity contribution in [3.05, 3.63) is 0 Å². The summed E-state index contributed by atoms with van der Waals surface area (Å²) in [7, 11) is 0. The van der Waals surface area contributed by atoms with Crippen LogP contribution in [-0.2, 0) is 14.3 Å². The van der Waals surface area contributed by atoms with Crippen molar-refractivity contribution in [1.29, 1.82) is 0 Å². The molecule has 2 aliphatic carbocycles. The topological polar surface area (TPSA) is 35.5 Å². The van der Waals surface area contributed by atoms with Crippen molar-refractivity contribution in [2.24, 2.45) is 11.8 Å². The minimum Gasteiger partial charge on any atom is -0.462 e. The van der Waals surface area contributed by atoms with Crippen molar-refractivity contribution < 1.29 is 14.3 Å². The average Bonchev–Trinajstić information content (AvgIpc) is 2.69. The van der Waals surface area contributed by atoms with Gasteiger partial charge in [0.1, 0.15) is 6.10 Å². The molecule has 0 aromatic heterocycles. The van der Waals surface area contributed by atoms with E-state index >= 15 is 0 Å². The number of hydrogen-bond acceptors (Lipinski definition) is 3. The van der Waals surface area contributed by atoms with E-state index < -0.39 is 0 Å². The molecule has 0 aromatic carbocycles. The zero-order chi connectivity index (χ0) is 9.26. The fraction of sp³-hybridized carbons (Fsp3) is 0.900. The summed E-state index contributed by atoms with van der Waals surface area (Å²) in [5.41, 5.74) is 0. The summed E-state index contributed by atoms with van der Waals surface area (Å²) in [6, 6.07) is 0. The molecule has 0 N–H and O–H groups in total. The van der Waals surface area contributed by atoms with Crippen LogP contribution in [0, 0.1) is 11.8 Å². The second kappa shape index (κ2) is 3.66. The van der Waals surface area contributed by atoms with Gasteiger partial charge in [-0.05, 0) is 38.0 Å². The molecule has 0 heterocycles. The summed E-state index contributed by atoms with van der Waals surface area (Å²) >= 11 is 0. The van der Waals surface area contributed by atoms with Crippen LogP contribution in [-0.4, -0.2) is 25.3 Å². The van der Waals surface area contributed by atoms with E-state index in [1.165, 1.54) is 19.3 Å². The Morgan fingerprint density at radius 2 is 2.00 bits per heavy atom. The van der Waals surface area contributed by atoms with Gasteiger partial charge in [0.05, 0.1) is 6.10 Å². The van der Waals surface area contributed by atoms with Gasteiger partial charge >= 0.3 is 0 Å². The first kappa shape index (κ1) is 9.00. The summed E-state index contributed by atoms with van der Waals surface area (Å²) in [5.74, 6) is 1.20. The van der Waals surface area contributed by atoms with E-state index in [1.807, 2.05) is 6.92 Å². The smallest absolute Gasteiger partial charge is 0.293 e. The molecule has 2 aliphatic rings. The third-order valence-corrected chi connectivity index (χ3v) is 3.34. The highest BCUT2D eigenvalue weighted by Crippen LogP contribution is 2.47. The molecule has 2 saturated carbocycles. The standard InChI is InChI=1S/C10H16O3/c1-2-12-9-7-3-4-8(5-7)10(9)13-6-11/h6-10H,2-5H2,1H3. The maximum Gasteiger partial charge on any atom is 0.293 e. The molecular weight excluding hydrogens is 168 g/mol. The highest BCUT2D eigenvalue weighted by atomic mass is 16.6. The monoisotopic (exact) mass is 184 g/mol. The summed E-state index contributed by atoms with van der Waals surface area (Å²) in [4.78, 5) is 10.3. The van der Waals surface area contributed by atoms with Crippen molar-refractivity contribution in [3.8, 4) is 0 Å². The van der Waals surface area contributed by atoms with Crippen LogP contribution in [0.2, 0.25) is 0 Å². The molecule has 2 fully saturated rings. The highest BCUT2D eigenvalue weighted by Gasteiger charge is 2.49. The van der Waals surface area contributed by atoms with Crippen LogP contribution in [0.1, 0.15) is 26.2 Å². The van der Waals surface area contributed by atoms with E-state index in [9.17, 15) is 4.79 Å². The Morgan fingerprint density at radius 1 is 1.31 bits per heavy atom. The van der Waals surface area contributed by atoms with Gasteiger partial charge in [0.2, 0.25) is 0 Å². The first-order valence-electron chi connectivity index (χ1n) is 5.07. The Kier molecular flexibility index (Phi) is 2.54. The zero-order valence-electron chi connectivity index (χ0n) is 7.94. The minimum absolute atomic E-state index is 0.0381. The molecule has 0 spiro atoms. The van der Waals surface area contributed by atoms with E-state index in [0.29, 0.717) is 24.9 Å². The minimum atomic E-state index is 0.0381. The predicted molar refractivity (Wildman–Crippen MR) is 47.2 cm³/mol. The summed E-state index contributed by atoms with van der Waals surface area (Å²) in [6.07, 6.45) is 3.84. The first-order chi connectivity index (χ1) is 6.36. The lowest BCUT2D eigenvalue weighted by molar-refractivity contribution is -0.146. The van der Waals surface area contributed by atoms with E-state index in [-0.39, 0.29) is 12.2 Å². The van der Waals surface area contributed by atoms with Crippen LogP contribution in [0.25, 0.3) is 0 Å². The van der Waals surface area contributed by atoms with Gasteiger partial charge in [-0.1, -0.05) is 0 Å². The summed E-state index contributed by atoms with van der Waals surface area (Å²) in [5, 5.41) is 0. The average molecular weight is 184 g/mol. The molecule has 0 aromatic rings. The fourth-order valence-corrected chi connectivity index (χ4v) is 2.86. The summed E-state index contributed by atoms with van der Waals surface area (Å²) < 4.78 is 10.7. The lowest BCUT2D eigenvalue weighted by atomic mass is 9.94. The van der Waals surface area contributed by atoms with Crippen molar-refractivity contribution in [2.75, 3.05) is 6.61 Å². The van der Waals surface area contributed by atoms with Gasteiger partial charge in [0.15, 0.2) is 0 Å². The van der Waals surface area contributed by atoms with Crippen molar-refractivity contribution in [1.82, 2.24) is 0 Å². The molecule has 2 bridgehead atoms. The Morgan fingerprint density at radius 3 is 2.62 bits per heavy atom. The SMILES string of the molecule is CCOC1C2CCC(C2)C1OC=O. The second-order valence-electron chi connectivity index (χ2n) is 3.95. The molecule has 2 rings (SSSR count). The normalized spacial score (nSPS) is 42.2. The maximum atomic E-state index is 10.3. The van der Waals surface area contributed by atoms with Gasteiger partial charge in [-0.3, -0.25) is 4.79 Å². The van der Waals surface area contributed by atoms with Crippen LogP contribution < -0.4 is 0 Å². The van der Waals surface area contributed by atoms with Crippen molar-refractivity contribution >= 4 is 6.47 Å². The quantitative estimate of drug-likeness (QED) is 0.619. The molecule has 3 nitrogen and oxygen atoms in total. The first-order valence-corrected chi connectivity index (χ1v) is 5.07. The Labute approximate surface area is 78.4 Å². The molecular formula is C10H16O3. The van der Waals surface area contributed by atoms with E-state index in [1.54, 1.807) is 0 Å². The van der Waals surface area contributed by atoms with Gasteiger partial charge in [0.25, 0.3) is 6.47 Å². The largest absolute Gasteiger partial charge is 0.462 e. The molecule has 3 heteroatoms. The number of rotatable bonds is 4. The Hall–Kier alpha value is -0.570. The van der Waals surface area contributed by atoms with Gasteiger partial charge in [-0.15, -0.1) is 0 Å². The third kappa shape index (κ3) is 1.46. The molecule has 4 atom stereocenters. The molecule has 0 radical (unpaired) electrons. The predicted octanol–water partition coefficient (Wildman–Crippen LogP) is 1.36. The number of fused-ring (bicyclic) bond motifs is 2. The third-order valence-electron chi connectivity index (χ3n) is 3.34. The van der Waals surface area contributed by atoms with Crippen LogP contribution in [0.5, 0.6) is 0 Å².